The molecule has 3 heteroatoms. The second-order valence-corrected chi connectivity index (χ2v) is 6.03. The molecule has 2 rings (SSSR count). The summed E-state index contributed by atoms with van der Waals surface area (Å²) in [6.07, 6.45) is 3.28. The van der Waals surface area contributed by atoms with Gasteiger partial charge >= 0.3 is 0 Å². The molecule has 94 valence electrons. The zero-order chi connectivity index (χ0) is 12.8. The van der Waals surface area contributed by atoms with E-state index in [0.717, 1.165) is 29.5 Å². The Bertz CT molecular complexity index is 435. The topological polar surface area (TPSA) is 35.2 Å². The van der Waals surface area contributed by atoms with Gasteiger partial charge in [-0.05, 0) is 78.2 Å². The standard InChI is InChI=1S/C14H20BrNO/c1-8-9(2)13(17-4)12(15)10(3)11(8)7-14(16)5-6-14/h5-7,16H2,1-4H3. The van der Waals surface area contributed by atoms with Crippen molar-refractivity contribution in [2.45, 2.75) is 45.6 Å². The summed E-state index contributed by atoms with van der Waals surface area (Å²) in [4.78, 5) is 0. The van der Waals surface area contributed by atoms with Gasteiger partial charge in [-0.3, -0.25) is 0 Å². The number of hydrogen-bond acceptors (Lipinski definition) is 2. The van der Waals surface area contributed by atoms with Crippen molar-refractivity contribution in [1.82, 2.24) is 0 Å². The van der Waals surface area contributed by atoms with Gasteiger partial charge in [0.2, 0.25) is 0 Å². The van der Waals surface area contributed by atoms with Crippen molar-refractivity contribution in [3.05, 3.63) is 26.7 Å². The summed E-state index contributed by atoms with van der Waals surface area (Å²) < 4.78 is 6.53. The highest BCUT2D eigenvalue weighted by Crippen LogP contribution is 2.42. The smallest absolute Gasteiger partial charge is 0.136 e. The molecule has 0 radical (unpaired) electrons. The minimum absolute atomic E-state index is 0.0516. The first kappa shape index (κ1) is 12.9. The summed E-state index contributed by atoms with van der Waals surface area (Å²) in [5.41, 5.74) is 11.5. The molecule has 0 bridgehead atoms. The van der Waals surface area contributed by atoms with Gasteiger partial charge in [0, 0.05) is 5.54 Å². The van der Waals surface area contributed by atoms with Crippen LogP contribution in [0.2, 0.25) is 0 Å². The van der Waals surface area contributed by atoms with E-state index in [1.807, 2.05) is 0 Å². The van der Waals surface area contributed by atoms with Crippen LogP contribution in [0.15, 0.2) is 4.47 Å². The lowest BCUT2D eigenvalue weighted by Crippen LogP contribution is -2.25. The van der Waals surface area contributed by atoms with E-state index in [-0.39, 0.29) is 5.54 Å². The van der Waals surface area contributed by atoms with Crippen LogP contribution in [0.3, 0.4) is 0 Å². The second kappa shape index (κ2) is 4.29. The lowest BCUT2D eigenvalue weighted by Gasteiger charge is -2.20. The average Bonchev–Trinajstić information content (AvgIpc) is 3.01. The van der Waals surface area contributed by atoms with Gasteiger partial charge in [-0.15, -0.1) is 0 Å². The van der Waals surface area contributed by atoms with Crippen LogP contribution in [0, 0.1) is 20.8 Å². The predicted molar refractivity (Wildman–Crippen MR) is 74.8 cm³/mol. The predicted octanol–water partition coefficient (Wildman–Crippen LogP) is 3.42. The minimum atomic E-state index is 0.0516. The van der Waals surface area contributed by atoms with Crippen LogP contribution in [0.5, 0.6) is 5.75 Å². The van der Waals surface area contributed by atoms with Crippen molar-refractivity contribution in [3.8, 4) is 5.75 Å². The first-order chi connectivity index (χ1) is 7.89. The van der Waals surface area contributed by atoms with Crippen LogP contribution in [0.4, 0.5) is 0 Å². The molecule has 2 nitrogen and oxygen atoms in total. The van der Waals surface area contributed by atoms with Gasteiger partial charge in [0.05, 0.1) is 11.6 Å². The van der Waals surface area contributed by atoms with E-state index < -0.39 is 0 Å². The largest absolute Gasteiger partial charge is 0.495 e. The van der Waals surface area contributed by atoms with E-state index in [9.17, 15) is 0 Å². The van der Waals surface area contributed by atoms with Gasteiger partial charge in [0.25, 0.3) is 0 Å². The van der Waals surface area contributed by atoms with E-state index in [2.05, 4.69) is 36.7 Å². The molecule has 0 atom stereocenters. The van der Waals surface area contributed by atoms with Crippen molar-refractivity contribution in [1.29, 1.82) is 0 Å². The van der Waals surface area contributed by atoms with Crippen molar-refractivity contribution in [3.63, 3.8) is 0 Å². The van der Waals surface area contributed by atoms with Crippen LogP contribution >= 0.6 is 15.9 Å². The highest BCUT2D eigenvalue weighted by Gasteiger charge is 2.39. The Morgan fingerprint density at radius 3 is 2.24 bits per heavy atom. The SMILES string of the molecule is COc1c(C)c(C)c(CC2(N)CC2)c(C)c1Br. The number of halogens is 1. The van der Waals surface area contributed by atoms with E-state index >= 15 is 0 Å². The summed E-state index contributed by atoms with van der Waals surface area (Å²) >= 11 is 3.64. The molecule has 0 unspecified atom stereocenters. The fraction of sp³-hybridized carbons (Fsp3) is 0.571. The third kappa shape index (κ3) is 2.23. The maximum Gasteiger partial charge on any atom is 0.136 e. The molecule has 0 aromatic heterocycles. The van der Waals surface area contributed by atoms with Crippen LogP contribution in [0.1, 0.15) is 35.1 Å². The van der Waals surface area contributed by atoms with Crippen molar-refractivity contribution < 1.29 is 4.74 Å². The summed E-state index contributed by atoms with van der Waals surface area (Å²) in [5, 5.41) is 0. The number of benzene rings is 1. The fourth-order valence-electron chi connectivity index (χ4n) is 2.34. The molecule has 0 aliphatic heterocycles. The maximum atomic E-state index is 6.24. The molecule has 1 aliphatic rings. The molecule has 1 aromatic carbocycles. The third-order valence-electron chi connectivity index (χ3n) is 3.96. The van der Waals surface area contributed by atoms with Crippen molar-refractivity contribution >= 4 is 15.9 Å². The molecular formula is C14H20BrNO. The normalized spacial score (nSPS) is 17.1. The highest BCUT2D eigenvalue weighted by atomic mass is 79.9. The summed E-state index contributed by atoms with van der Waals surface area (Å²) in [6.45, 7) is 6.41. The molecule has 0 heterocycles. The van der Waals surface area contributed by atoms with Gasteiger partial charge in [-0.1, -0.05) is 0 Å². The van der Waals surface area contributed by atoms with Gasteiger partial charge in [0.1, 0.15) is 5.75 Å². The lowest BCUT2D eigenvalue weighted by molar-refractivity contribution is 0.407. The summed E-state index contributed by atoms with van der Waals surface area (Å²) in [7, 11) is 1.72. The quantitative estimate of drug-likeness (QED) is 0.928. The number of ether oxygens (including phenoxy) is 1. The fourth-order valence-corrected chi connectivity index (χ4v) is 3.04. The molecule has 0 saturated heterocycles. The van der Waals surface area contributed by atoms with Crippen molar-refractivity contribution in [2.75, 3.05) is 7.11 Å². The summed E-state index contributed by atoms with van der Waals surface area (Å²) in [6, 6.07) is 0. The van der Waals surface area contributed by atoms with E-state index in [0.29, 0.717) is 0 Å². The number of rotatable bonds is 3. The van der Waals surface area contributed by atoms with Gasteiger partial charge in [0.15, 0.2) is 0 Å². The maximum absolute atomic E-state index is 6.24. The minimum Gasteiger partial charge on any atom is -0.495 e. The van der Waals surface area contributed by atoms with Gasteiger partial charge < -0.3 is 10.5 Å². The van der Waals surface area contributed by atoms with Gasteiger partial charge in [-0.25, -0.2) is 0 Å². The third-order valence-corrected chi connectivity index (χ3v) is 4.92. The highest BCUT2D eigenvalue weighted by molar-refractivity contribution is 9.10. The number of methoxy groups -OCH3 is 1. The molecule has 1 fully saturated rings. The van der Waals surface area contributed by atoms with E-state index in [1.165, 1.54) is 22.3 Å². The Labute approximate surface area is 112 Å². The Hall–Kier alpha value is -0.540. The Morgan fingerprint density at radius 1 is 1.18 bits per heavy atom. The number of nitrogens with two attached hydrogens (primary N) is 1. The molecule has 2 N–H and O–H groups in total. The zero-order valence-corrected chi connectivity index (χ0v) is 12.6. The molecule has 1 aliphatic carbocycles. The van der Waals surface area contributed by atoms with Crippen LogP contribution in [-0.2, 0) is 6.42 Å². The molecule has 0 spiro atoms. The molecule has 1 aromatic rings. The first-order valence-corrected chi connectivity index (χ1v) is 6.80. The van der Waals surface area contributed by atoms with Crippen LogP contribution < -0.4 is 10.5 Å². The molecule has 17 heavy (non-hydrogen) atoms. The van der Waals surface area contributed by atoms with Crippen molar-refractivity contribution in [2.24, 2.45) is 5.73 Å². The first-order valence-electron chi connectivity index (χ1n) is 6.00. The Morgan fingerprint density at radius 2 is 1.76 bits per heavy atom. The Balaban J connectivity index is 2.52. The number of hydrogen-bond donors (Lipinski definition) is 1. The molecule has 1 saturated carbocycles. The lowest BCUT2D eigenvalue weighted by atomic mass is 9.92. The van der Waals surface area contributed by atoms with E-state index in [4.69, 9.17) is 10.5 Å². The van der Waals surface area contributed by atoms with E-state index in [1.54, 1.807) is 7.11 Å². The monoisotopic (exact) mass is 297 g/mol. The second-order valence-electron chi connectivity index (χ2n) is 5.24. The van der Waals surface area contributed by atoms with Crippen LogP contribution in [0.25, 0.3) is 0 Å². The Kier molecular flexibility index (Phi) is 3.25. The average molecular weight is 298 g/mol. The molecular weight excluding hydrogens is 278 g/mol. The summed E-state index contributed by atoms with van der Waals surface area (Å²) in [5.74, 6) is 0.950. The zero-order valence-electron chi connectivity index (χ0n) is 11.0. The van der Waals surface area contributed by atoms with Crippen LogP contribution in [-0.4, -0.2) is 12.6 Å². The van der Waals surface area contributed by atoms with Gasteiger partial charge in [-0.2, -0.15) is 0 Å². The molecule has 0 amide bonds.